The molecule has 5 heteroatoms. The van der Waals surface area contributed by atoms with Gasteiger partial charge in [-0.1, -0.05) is 32.4 Å². The van der Waals surface area contributed by atoms with Gasteiger partial charge in [-0.05, 0) is 18.2 Å². The van der Waals surface area contributed by atoms with Crippen LogP contribution < -0.4 is 10.1 Å². The van der Waals surface area contributed by atoms with E-state index in [0.717, 1.165) is 0 Å². The monoisotopic (exact) mass is 287 g/mol. The fourth-order valence-electron chi connectivity index (χ4n) is 1.25. The lowest BCUT2D eigenvalue weighted by atomic mass is 10.3. The molecule has 100 valence electrons. The predicted molar refractivity (Wildman–Crippen MR) is 78.8 cm³/mol. The zero-order chi connectivity index (χ0) is 13.8. The number of anilines is 1. The maximum absolute atomic E-state index is 11.8. The summed E-state index contributed by atoms with van der Waals surface area (Å²) in [6, 6.07) is 5.13. The van der Waals surface area contributed by atoms with Gasteiger partial charge < -0.3 is 10.1 Å². The number of nitrogens with one attached hydrogen (secondary N) is 1. The molecule has 0 spiro atoms. The summed E-state index contributed by atoms with van der Waals surface area (Å²) in [7, 11) is 1.56. The minimum atomic E-state index is -0.0597. The number of benzene rings is 1. The first-order valence-electron chi connectivity index (χ1n) is 5.59. The van der Waals surface area contributed by atoms with Crippen molar-refractivity contribution in [1.29, 1.82) is 0 Å². The van der Waals surface area contributed by atoms with Crippen molar-refractivity contribution in [1.82, 2.24) is 0 Å². The SMILES string of the molecule is COc1ccc(Cl)cc1NC(=O)CSC(C)(C)C. The molecule has 0 bridgehead atoms. The quantitative estimate of drug-likeness (QED) is 0.915. The summed E-state index contributed by atoms with van der Waals surface area (Å²) in [5.74, 6) is 0.947. The lowest BCUT2D eigenvalue weighted by molar-refractivity contribution is -0.113. The van der Waals surface area contributed by atoms with E-state index in [4.69, 9.17) is 16.3 Å². The van der Waals surface area contributed by atoms with Gasteiger partial charge in [-0.3, -0.25) is 4.79 Å². The second-order valence-electron chi connectivity index (χ2n) is 4.79. The predicted octanol–water partition coefficient (Wildman–Crippen LogP) is 3.82. The van der Waals surface area contributed by atoms with Crippen molar-refractivity contribution in [3.05, 3.63) is 23.2 Å². The molecule has 0 aromatic heterocycles. The molecule has 0 unspecified atom stereocenters. The van der Waals surface area contributed by atoms with Crippen molar-refractivity contribution in [2.75, 3.05) is 18.2 Å². The Bertz CT molecular complexity index is 429. The van der Waals surface area contributed by atoms with Crippen molar-refractivity contribution < 1.29 is 9.53 Å². The molecule has 1 rings (SSSR count). The van der Waals surface area contributed by atoms with Gasteiger partial charge in [0.2, 0.25) is 5.91 Å². The number of thioether (sulfide) groups is 1. The third-order valence-electron chi connectivity index (χ3n) is 2.07. The van der Waals surface area contributed by atoms with Gasteiger partial charge >= 0.3 is 0 Å². The van der Waals surface area contributed by atoms with Crippen LogP contribution in [0.4, 0.5) is 5.69 Å². The van der Waals surface area contributed by atoms with Crippen LogP contribution in [0.2, 0.25) is 5.02 Å². The third-order valence-corrected chi connectivity index (χ3v) is 3.58. The third kappa shape index (κ3) is 5.19. The van der Waals surface area contributed by atoms with Gasteiger partial charge in [-0.25, -0.2) is 0 Å². The molecular formula is C13H18ClNO2S. The molecule has 18 heavy (non-hydrogen) atoms. The zero-order valence-corrected chi connectivity index (χ0v) is 12.6. The van der Waals surface area contributed by atoms with Gasteiger partial charge in [0.15, 0.2) is 0 Å². The molecule has 1 N–H and O–H groups in total. The number of hydrogen-bond acceptors (Lipinski definition) is 3. The highest BCUT2D eigenvalue weighted by Gasteiger charge is 2.14. The molecule has 1 aromatic carbocycles. The molecule has 1 aromatic rings. The molecule has 0 saturated heterocycles. The number of ether oxygens (including phenoxy) is 1. The van der Waals surface area contributed by atoms with Gasteiger partial charge in [-0.2, -0.15) is 0 Å². The first-order valence-corrected chi connectivity index (χ1v) is 6.95. The summed E-state index contributed by atoms with van der Waals surface area (Å²) in [4.78, 5) is 11.8. The van der Waals surface area contributed by atoms with Crippen molar-refractivity contribution in [3.63, 3.8) is 0 Å². The Labute approximate surface area is 117 Å². The molecule has 0 aliphatic rings. The van der Waals surface area contributed by atoms with Crippen LogP contribution in [0.5, 0.6) is 5.75 Å². The van der Waals surface area contributed by atoms with E-state index in [0.29, 0.717) is 22.2 Å². The van der Waals surface area contributed by atoms with Crippen LogP contribution in [0.25, 0.3) is 0 Å². The van der Waals surface area contributed by atoms with E-state index in [1.807, 2.05) is 0 Å². The average Bonchev–Trinajstić information content (AvgIpc) is 2.26. The summed E-state index contributed by atoms with van der Waals surface area (Å²) < 4.78 is 5.23. The van der Waals surface area contributed by atoms with Gasteiger partial charge in [-0.15, -0.1) is 11.8 Å². The van der Waals surface area contributed by atoms with Gasteiger partial charge in [0.25, 0.3) is 0 Å². The number of methoxy groups -OCH3 is 1. The Morgan fingerprint density at radius 1 is 1.44 bits per heavy atom. The van der Waals surface area contributed by atoms with Crippen LogP contribution in [0.1, 0.15) is 20.8 Å². The van der Waals surface area contributed by atoms with E-state index in [-0.39, 0.29) is 10.7 Å². The first kappa shape index (κ1) is 15.2. The normalized spacial score (nSPS) is 11.2. The van der Waals surface area contributed by atoms with Gasteiger partial charge in [0.05, 0.1) is 18.6 Å². The summed E-state index contributed by atoms with van der Waals surface area (Å²) in [6.07, 6.45) is 0. The fourth-order valence-corrected chi connectivity index (χ4v) is 2.05. The standard InChI is InChI=1S/C13H18ClNO2S/c1-13(2,3)18-8-12(16)15-10-7-9(14)5-6-11(10)17-4/h5-7H,8H2,1-4H3,(H,15,16). The number of hydrogen-bond donors (Lipinski definition) is 1. The van der Waals surface area contributed by atoms with E-state index in [2.05, 4.69) is 26.1 Å². The Hall–Kier alpha value is -0.870. The zero-order valence-electron chi connectivity index (χ0n) is 11.0. The number of carbonyl (C=O) groups excluding carboxylic acids is 1. The topological polar surface area (TPSA) is 38.3 Å². The van der Waals surface area contributed by atoms with Gasteiger partial charge in [0.1, 0.15) is 5.75 Å². The molecule has 1 amide bonds. The second-order valence-corrected chi connectivity index (χ2v) is 7.03. The summed E-state index contributed by atoms with van der Waals surface area (Å²) in [6.45, 7) is 6.22. The molecule has 0 radical (unpaired) electrons. The van der Waals surface area contributed by atoms with Crippen LogP contribution in [0, 0.1) is 0 Å². The van der Waals surface area contributed by atoms with Crippen molar-refractivity contribution in [2.24, 2.45) is 0 Å². The van der Waals surface area contributed by atoms with Crippen molar-refractivity contribution in [3.8, 4) is 5.75 Å². The molecule has 0 fully saturated rings. The first-order chi connectivity index (χ1) is 8.31. The molecule has 0 atom stereocenters. The second kappa shape index (κ2) is 6.34. The molecule has 0 saturated carbocycles. The average molecular weight is 288 g/mol. The minimum Gasteiger partial charge on any atom is -0.495 e. The number of halogens is 1. The Kier molecular flexibility index (Phi) is 5.35. The molecule has 0 aliphatic heterocycles. The van der Waals surface area contributed by atoms with Gasteiger partial charge in [0, 0.05) is 9.77 Å². The molecule has 3 nitrogen and oxygen atoms in total. The molecule has 0 aliphatic carbocycles. The lowest BCUT2D eigenvalue weighted by Crippen LogP contribution is -2.19. The molecular weight excluding hydrogens is 270 g/mol. The Morgan fingerprint density at radius 2 is 2.11 bits per heavy atom. The largest absolute Gasteiger partial charge is 0.495 e. The summed E-state index contributed by atoms with van der Waals surface area (Å²) in [5.41, 5.74) is 0.601. The van der Waals surface area contributed by atoms with E-state index < -0.39 is 0 Å². The molecule has 0 heterocycles. The number of rotatable bonds is 4. The van der Waals surface area contributed by atoms with Crippen LogP contribution in [0.3, 0.4) is 0 Å². The smallest absolute Gasteiger partial charge is 0.234 e. The number of carbonyl (C=O) groups is 1. The summed E-state index contributed by atoms with van der Waals surface area (Å²) in [5, 5.41) is 3.37. The van der Waals surface area contributed by atoms with Crippen molar-refractivity contribution in [2.45, 2.75) is 25.5 Å². The Balaban J connectivity index is 2.66. The maximum atomic E-state index is 11.8. The van der Waals surface area contributed by atoms with Crippen LogP contribution >= 0.6 is 23.4 Å². The van der Waals surface area contributed by atoms with E-state index in [1.54, 1.807) is 37.1 Å². The highest BCUT2D eigenvalue weighted by Crippen LogP contribution is 2.28. The number of amides is 1. The van der Waals surface area contributed by atoms with Crippen LogP contribution in [-0.4, -0.2) is 23.5 Å². The van der Waals surface area contributed by atoms with Crippen LogP contribution in [-0.2, 0) is 4.79 Å². The summed E-state index contributed by atoms with van der Waals surface area (Å²) >= 11 is 7.49. The van der Waals surface area contributed by atoms with E-state index in [9.17, 15) is 4.79 Å². The van der Waals surface area contributed by atoms with E-state index >= 15 is 0 Å². The van der Waals surface area contributed by atoms with Crippen molar-refractivity contribution >= 4 is 35.0 Å². The van der Waals surface area contributed by atoms with E-state index in [1.165, 1.54) is 0 Å². The maximum Gasteiger partial charge on any atom is 0.234 e. The highest BCUT2D eigenvalue weighted by atomic mass is 35.5. The fraction of sp³-hybridized carbons (Fsp3) is 0.462. The highest BCUT2D eigenvalue weighted by molar-refractivity contribution is 8.01. The lowest BCUT2D eigenvalue weighted by Gasteiger charge is -2.17. The minimum absolute atomic E-state index is 0.0597. The van der Waals surface area contributed by atoms with Crippen LogP contribution in [0.15, 0.2) is 18.2 Å². The Morgan fingerprint density at radius 3 is 2.67 bits per heavy atom.